The molecule has 21 heavy (non-hydrogen) atoms. The lowest BCUT2D eigenvalue weighted by Gasteiger charge is -2.19. The molecule has 0 aromatic heterocycles. The molecule has 2 amide bonds. The second-order valence-corrected chi connectivity index (χ2v) is 5.98. The van der Waals surface area contributed by atoms with Gasteiger partial charge >= 0.3 is 6.09 Å². The Hall–Kier alpha value is -1.69. The number of benzene rings is 1. The third-order valence-electron chi connectivity index (χ3n) is 3.28. The van der Waals surface area contributed by atoms with Crippen LogP contribution in [0.1, 0.15) is 12.0 Å². The number of thioether (sulfide) groups is 1. The maximum Gasteiger partial charge on any atom is 0.409 e. The van der Waals surface area contributed by atoms with Crippen LogP contribution in [-0.4, -0.2) is 53.6 Å². The summed E-state index contributed by atoms with van der Waals surface area (Å²) < 4.78 is 5.21. The number of hydrogen-bond acceptors (Lipinski definition) is 4. The van der Waals surface area contributed by atoms with Crippen LogP contribution in [0.4, 0.5) is 4.79 Å². The van der Waals surface area contributed by atoms with E-state index in [1.165, 1.54) is 4.90 Å². The van der Waals surface area contributed by atoms with Gasteiger partial charge in [0.25, 0.3) is 0 Å². The average molecular weight is 308 g/mol. The van der Waals surface area contributed by atoms with Crippen molar-refractivity contribution in [3.63, 3.8) is 0 Å². The fourth-order valence-electron chi connectivity index (χ4n) is 1.95. The molecule has 0 N–H and O–H groups in total. The Labute approximate surface area is 129 Å². The zero-order valence-corrected chi connectivity index (χ0v) is 13.0. The number of amides is 2. The van der Waals surface area contributed by atoms with Gasteiger partial charge in [-0.2, -0.15) is 0 Å². The molecule has 1 aliphatic heterocycles. The first-order valence-electron chi connectivity index (χ1n) is 6.94. The second kappa shape index (κ2) is 7.93. The molecule has 0 saturated carbocycles. The maximum atomic E-state index is 11.9. The predicted molar refractivity (Wildman–Crippen MR) is 82.9 cm³/mol. The SMILES string of the molecule is CN(CCC(=O)N1CCSC1)C(=O)OCc1ccccc1. The van der Waals surface area contributed by atoms with Gasteiger partial charge in [0.15, 0.2) is 0 Å². The van der Waals surface area contributed by atoms with Crippen molar-refractivity contribution in [2.75, 3.05) is 31.8 Å². The number of hydrogen-bond donors (Lipinski definition) is 0. The van der Waals surface area contributed by atoms with E-state index in [0.717, 1.165) is 23.7 Å². The summed E-state index contributed by atoms with van der Waals surface area (Å²) >= 11 is 1.76. The molecule has 1 fully saturated rings. The lowest BCUT2D eigenvalue weighted by molar-refractivity contribution is -0.129. The van der Waals surface area contributed by atoms with Crippen LogP contribution >= 0.6 is 11.8 Å². The van der Waals surface area contributed by atoms with Crippen molar-refractivity contribution in [2.24, 2.45) is 0 Å². The van der Waals surface area contributed by atoms with Crippen LogP contribution in [0.3, 0.4) is 0 Å². The molecule has 6 heteroatoms. The van der Waals surface area contributed by atoms with Gasteiger partial charge in [-0.25, -0.2) is 4.79 Å². The van der Waals surface area contributed by atoms with E-state index in [4.69, 9.17) is 4.74 Å². The number of rotatable bonds is 5. The van der Waals surface area contributed by atoms with Gasteiger partial charge in [0, 0.05) is 32.3 Å². The van der Waals surface area contributed by atoms with Crippen LogP contribution in [0.2, 0.25) is 0 Å². The fourth-order valence-corrected chi connectivity index (χ4v) is 2.93. The van der Waals surface area contributed by atoms with Crippen molar-refractivity contribution >= 4 is 23.8 Å². The van der Waals surface area contributed by atoms with Gasteiger partial charge in [-0.15, -0.1) is 11.8 Å². The van der Waals surface area contributed by atoms with Crippen molar-refractivity contribution < 1.29 is 14.3 Å². The second-order valence-electron chi connectivity index (χ2n) is 4.91. The Bertz CT molecular complexity index is 475. The minimum absolute atomic E-state index is 0.0997. The minimum Gasteiger partial charge on any atom is -0.445 e. The first-order chi connectivity index (χ1) is 10.2. The van der Waals surface area contributed by atoms with Gasteiger partial charge < -0.3 is 14.5 Å². The Balaban J connectivity index is 1.68. The van der Waals surface area contributed by atoms with Gasteiger partial charge in [-0.3, -0.25) is 4.79 Å². The summed E-state index contributed by atoms with van der Waals surface area (Å²) in [6.45, 7) is 1.44. The molecule has 0 unspecified atom stereocenters. The Morgan fingerprint density at radius 3 is 2.76 bits per heavy atom. The molecule has 0 radical (unpaired) electrons. The topological polar surface area (TPSA) is 49.9 Å². The van der Waals surface area contributed by atoms with Crippen LogP contribution in [-0.2, 0) is 16.1 Å². The number of ether oxygens (including phenoxy) is 1. The molecule has 1 aromatic carbocycles. The normalized spacial score (nSPS) is 14.0. The molecule has 0 aliphatic carbocycles. The zero-order chi connectivity index (χ0) is 15.1. The third-order valence-corrected chi connectivity index (χ3v) is 4.25. The molecule has 0 atom stereocenters. The van der Waals surface area contributed by atoms with Crippen LogP contribution in [0.5, 0.6) is 0 Å². The molecule has 5 nitrogen and oxygen atoms in total. The number of nitrogens with zero attached hydrogens (tertiary/aromatic N) is 2. The highest BCUT2D eigenvalue weighted by Gasteiger charge is 2.19. The van der Waals surface area contributed by atoms with E-state index >= 15 is 0 Å². The Morgan fingerprint density at radius 2 is 2.10 bits per heavy atom. The Kier molecular flexibility index (Phi) is 5.92. The van der Waals surface area contributed by atoms with Crippen molar-refractivity contribution in [1.82, 2.24) is 9.80 Å². The van der Waals surface area contributed by atoms with Gasteiger partial charge in [0.1, 0.15) is 6.61 Å². The predicted octanol–water partition coefficient (Wildman–Crippen LogP) is 2.18. The number of carbonyl (C=O) groups excluding carboxylic acids is 2. The first kappa shape index (κ1) is 15.7. The monoisotopic (exact) mass is 308 g/mol. The lowest BCUT2D eigenvalue weighted by atomic mass is 10.2. The highest BCUT2D eigenvalue weighted by molar-refractivity contribution is 7.99. The largest absolute Gasteiger partial charge is 0.445 e. The van der Waals surface area contributed by atoms with Crippen molar-refractivity contribution in [3.8, 4) is 0 Å². The van der Waals surface area contributed by atoms with Crippen LogP contribution < -0.4 is 0 Å². The van der Waals surface area contributed by atoms with E-state index in [9.17, 15) is 9.59 Å². The molecule has 1 aromatic rings. The van der Waals surface area contributed by atoms with E-state index < -0.39 is 6.09 Å². The zero-order valence-electron chi connectivity index (χ0n) is 12.2. The van der Waals surface area contributed by atoms with Crippen LogP contribution in [0, 0.1) is 0 Å². The average Bonchev–Trinajstić information content (AvgIpc) is 3.05. The summed E-state index contributed by atoms with van der Waals surface area (Å²) in [6, 6.07) is 9.53. The van der Waals surface area contributed by atoms with E-state index in [-0.39, 0.29) is 12.5 Å². The molecular weight excluding hydrogens is 288 g/mol. The summed E-state index contributed by atoms with van der Waals surface area (Å²) in [5, 5.41) is 0. The molecule has 1 aliphatic rings. The van der Waals surface area contributed by atoms with Gasteiger partial charge in [-0.05, 0) is 5.56 Å². The van der Waals surface area contributed by atoms with Gasteiger partial charge in [-0.1, -0.05) is 30.3 Å². The minimum atomic E-state index is -0.401. The molecule has 2 rings (SSSR count). The standard InChI is InChI=1S/C15H20N2O3S/c1-16(8-7-14(18)17-9-10-21-12-17)15(19)20-11-13-5-3-2-4-6-13/h2-6H,7-12H2,1H3. The smallest absolute Gasteiger partial charge is 0.409 e. The molecule has 1 saturated heterocycles. The van der Waals surface area contributed by atoms with Crippen LogP contribution in [0.25, 0.3) is 0 Å². The van der Waals surface area contributed by atoms with E-state index in [1.807, 2.05) is 35.2 Å². The first-order valence-corrected chi connectivity index (χ1v) is 8.09. The van der Waals surface area contributed by atoms with Crippen molar-refractivity contribution in [2.45, 2.75) is 13.0 Å². The highest BCUT2D eigenvalue weighted by Crippen LogP contribution is 2.14. The fraction of sp³-hybridized carbons (Fsp3) is 0.467. The molecule has 0 spiro atoms. The maximum absolute atomic E-state index is 11.9. The summed E-state index contributed by atoms with van der Waals surface area (Å²) in [6.07, 6.45) is -0.0558. The molecule has 114 valence electrons. The molecule has 1 heterocycles. The van der Waals surface area contributed by atoms with E-state index in [2.05, 4.69) is 0 Å². The summed E-state index contributed by atoms with van der Waals surface area (Å²) in [4.78, 5) is 27.0. The quantitative estimate of drug-likeness (QED) is 0.836. The van der Waals surface area contributed by atoms with Crippen LogP contribution in [0.15, 0.2) is 30.3 Å². The molecular formula is C15H20N2O3S. The third kappa shape index (κ3) is 4.97. The summed E-state index contributed by atoms with van der Waals surface area (Å²) in [7, 11) is 1.65. The Morgan fingerprint density at radius 1 is 1.33 bits per heavy atom. The van der Waals surface area contributed by atoms with E-state index in [1.54, 1.807) is 18.8 Å². The van der Waals surface area contributed by atoms with Crippen molar-refractivity contribution in [3.05, 3.63) is 35.9 Å². The number of carbonyl (C=O) groups is 2. The van der Waals surface area contributed by atoms with Gasteiger partial charge in [0.05, 0.1) is 5.88 Å². The van der Waals surface area contributed by atoms with E-state index in [0.29, 0.717) is 13.0 Å². The van der Waals surface area contributed by atoms with Gasteiger partial charge in [0.2, 0.25) is 5.91 Å². The van der Waals surface area contributed by atoms with Crippen molar-refractivity contribution in [1.29, 1.82) is 0 Å². The lowest BCUT2D eigenvalue weighted by Crippen LogP contribution is -2.34. The molecule has 0 bridgehead atoms. The summed E-state index contributed by atoms with van der Waals surface area (Å²) in [5.74, 6) is 1.87. The summed E-state index contributed by atoms with van der Waals surface area (Å²) in [5.41, 5.74) is 0.949. The highest BCUT2D eigenvalue weighted by atomic mass is 32.2.